The number of carbonyl (C=O) groups is 1. The summed E-state index contributed by atoms with van der Waals surface area (Å²) in [5, 5.41) is 5.88. The summed E-state index contributed by atoms with van der Waals surface area (Å²) in [6.07, 6.45) is 5.84. The Labute approximate surface area is 187 Å². The Bertz CT molecular complexity index is 947. The Balaban J connectivity index is 1.38. The molecule has 1 saturated heterocycles. The van der Waals surface area contributed by atoms with E-state index >= 15 is 0 Å². The van der Waals surface area contributed by atoms with Crippen molar-refractivity contribution in [3.05, 3.63) is 51.7 Å². The highest BCUT2D eigenvalue weighted by Gasteiger charge is 2.34. The number of nitrogens with one attached hydrogen (secondary N) is 1. The first kappa shape index (κ1) is 21.8. The van der Waals surface area contributed by atoms with Crippen LogP contribution in [0.5, 0.6) is 0 Å². The Morgan fingerprint density at radius 1 is 1.07 bits per heavy atom. The van der Waals surface area contributed by atoms with Crippen LogP contribution in [0, 0.1) is 11.8 Å². The molecule has 1 atom stereocenters. The Hall–Kier alpha value is -1.41. The molecule has 0 spiro atoms. The van der Waals surface area contributed by atoms with E-state index in [2.05, 4.69) is 16.8 Å². The third kappa shape index (κ3) is 4.74. The normalized spacial score (nSPS) is 20.3. The van der Waals surface area contributed by atoms with Crippen molar-refractivity contribution in [1.29, 1.82) is 0 Å². The minimum absolute atomic E-state index is 0.0591. The molecule has 1 amide bonds. The fraction of sp³-hybridized carbons (Fsp3) is 0.500. The topological polar surface area (TPSA) is 66.5 Å². The van der Waals surface area contributed by atoms with E-state index in [9.17, 15) is 13.2 Å². The van der Waals surface area contributed by atoms with Gasteiger partial charge in [-0.25, -0.2) is 8.42 Å². The van der Waals surface area contributed by atoms with E-state index in [1.165, 1.54) is 34.2 Å². The van der Waals surface area contributed by atoms with Crippen LogP contribution < -0.4 is 5.32 Å². The minimum atomic E-state index is -3.55. The highest BCUT2D eigenvalue weighted by Crippen LogP contribution is 2.38. The molecule has 2 aliphatic rings. The third-order valence-corrected chi connectivity index (χ3v) is 9.42. The van der Waals surface area contributed by atoms with Crippen LogP contribution in [0.4, 0.5) is 0 Å². The van der Waals surface area contributed by atoms with Crippen LogP contribution in [0.2, 0.25) is 5.02 Å². The maximum absolute atomic E-state index is 13.0. The number of hydrogen-bond donors (Lipinski definition) is 1. The number of piperidine rings is 1. The van der Waals surface area contributed by atoms with Gasteiger partial charge in [0.25, 0.3) is 0 Å². The van der Waals surface area contributed by atoms with Crippen molar-refractivity contribution < 1.29 is 13.2 Å². The summed E-state index contributed by atoms with van der Waals surface area (Å²) in [6, 6.07) is 10.5. The zero-order valence-electron chi connectivity index (χ0n) is 16.8. The summed E-state index contributed by atoms with van der Waals surface area (Å²) in [5.41, 5.74) is 0. The number of hydrogen-bond acceptors (Lipinski definition) is 4. The van der Waals surface area contributed by atoms with E-state index in [0.717, 1.165) is 12.8 Å². The molecule has 1 aliphatic carbocycles. The summed E-state index contributed by atoms with van der Waals surface area (Å²) in [6.45, 7) is 0.715. The van der Waals surface area contributed by atoms with Crippen molar-refractivity contribution in [2.75, 3.05) is 13.1 Å². The van der Waals surface area contributed by atoms with Crippen molar-refractivity contribution >= 4 is 38.9 Å². The predicted octanol–water partition coefficient (Wildman–Crippen LogP) is 4.85. The summed E-state index contributed by atoms with van der Waals surface area (Å²) in [4.78, 5) is 14.5. The average Bonchev–Trinajstić information content (AvgIpc) is 3.47. The van der Waals surface area contributed by atoms with Gasteiger partial charge < -0.3 is 5.32 Å². The number of sulfonamides is 1. The van der Waals surface area contributed by atoms with Gasteiger partial charge in [0.05, 0.1) is 10.9 Å². The molecule has 8 heteroatoms. The summed E-state index contributed by atoms with van der Waals surface area (Å²) in [5.74, 6) is 0.410. The van der Waals surface area contributed by atoms with Crippen LogP contribution in [-0.4, -0.2) is 31.7 Å². The molecule has 1 saturated carbocycles. The maximum Gasteiger partial charge on any atom is 0.243 e. The number of thiophene rings is 1. The lowest BCUT2D eigenvalue weighted by Gasteiger charge is -2.32. The molecule has 4 rings (SSSR count). The highest BCUT2D eigenvalue weighted by molar-refractivity contribution is 7.89. The van der Waals surface area contributed by atoms with Gasteiger partial charge in [-0.3, -0.25) is 4.79 Å². The van der Waals surface area contributed by atoms with Gasteiger partial charge in [0.15, 0.2) is 0 Å². The van der Waals surface area contributed by atoms with Gasteiger partial charge >= 0.3 is 0 Å². The van der Waals surface area contributed by atoms with Crippen LogP contribution in [0.15, 0.2) is 46.7 Å². The third-order valence-electron chi connectivity index (χ3n) is 6.29. The van der Waals surface area contributed by atoms with Crippen molar-refractivity contribution in [2.24, 2.45) is 11.8 Å². The molecule has 1 aromatic carbocycles. The van der Waals surface area contributed by atoms with Gasteiger partial charge in [-0.1, -0.05) is 30.5 Å². The van der Waals surface area contributed by atoms with E-state index in [1.807, 2.05) is 6.07 Å². The van der Waals surface area contributed by atoms with Crippen LogP contribution in [0.1, 0.15) is 49.4 Å². The molecule has 1 aromatic heterocycles. The second kappa shape index (κ2) is 9.39. The van der Waals surface area contributed by atoms with Gasteiger partial charge in [-0.2, -0.15) is 4.31 Å². The molecule has 1 aliphatic heterocycles. The molecule has 2 aromatic rings. The largest absolute Gasteiger partial charge is 0.348 e. The van der Waals surface area contributed by atoms with Crippen LogP contribution >= 0.6 is 22.9 Å². The van der Waals surface area contributed by atoms with Gasteiger partial charge in [-0.05, 0) is 67.3 Å². The summed E-state index contributed by atoms with van der Waals surface area (Å²) in [7, 11) is -3.55. The number of halogens is 1. The molecule has 30 heavy (non-hydrogen) atoms. The lowest BCUT2D eigenvalue weighted by molar-refractivity contribution is -0.127. The van der Waals surface area contributed by atoms with Crippen molar-refractivity contribution in [2.45, 2.75) is 49.5 Å². The van der Waals surface area contributed by atoms with Crippen molar-refractivity contribution in [3.8, 4) is 0 Å². The lowest BCUT2D eigenvalue weighted by atomic mass is 9.93. The van der Waals surface area contributed by atoms with Crippen molar-refractivity contribution in [3.63, 3.8) is 0 Å². The number of rotatable bonds is 6. The Kier molecular flexibility index (Phi) is 6.82. The van der Waals surface area contributed by atoms with Gasteiger partial charge in [-0.15, -0.1) is 11.3 Å². The standard InChI is InChI=1S/C22H27ClN2O3S2/c23-18-7-9-19(10-8-18)30(27,28)25-13-11-17(12-14-25)22(26)24-21(16-4-1-2-5-16)20-6-3-15-29-20/h3,6-10,15-17,21H,1-2,4-5,11-14H2,(H,24,26). The van der Waals surface area contributed by atoms with Gasteiger partial charge in [0.1, 0.15) is 0 Å². The van der Waals surface area contributed by atoms with E-state index < -0.39 is 10.0 Å². The number of nitrogens with zero attached hydrogens (tertiary/aromatic N) is 1. The van der Waals surface area contributed by atoms with Crippen LogP contribution in [0.25, 0.3) is 0 Å². The molecular formula is C22H27ClN2O3S2. The first-order valence-electron chi connectivity index (χ1n) is 10.5. The summed E-state index contributed by atoms with van der Waals surface area (Å²) < 4.78 is 27.2. The van der Waals surface area contributed by atoms with Gasteiger partial charge in [0.2, 0.25) is 15.9 Å². The highest BCUT2D eigenvalue weighted by atomic mass is 35.5. The first-order chi connectivity index (χ1) is 14.4. The molecule has 162 valence electrons. The lowest BCUT2D eigenvalue weighted by Crippen LogP contribution is -2.44. The molecule has 0 radical (unpaired) electrons. The molecule has 0 bridgehead atoms. The maximum atomic E-state index is 13.0. The number of carbonyl (C=O) groups excluding carboxylic acids is 1. The second-order valence-corrected chi connectivity index (χ2v) is 11.5. The summed E-state index contributed by atoms with van der Waals surface area (Å²) >= 11 is 7.57. The molecule has 1 unspecified atom stereocenters. The number of amides is 1. The molecule has 2 heterocycles. The zero-order valence-corrected chi connectivity index (χ0v) is 19.2. The minimum Gasteiger partial charge on any atom is -0.348 e. The van der Waals surface area contributed by atoms with Crippen LogP contribution in [0.3, 0.4) is 0 Å². The Morgan fingerprint density at radius 3 is 2.33 bits per heavy atom. The smallest absolute Gasteiger partial charge is 0.243 e. The van der Waals surface area contributed by atoms with E-state index in [1.54, 1.807) is 23.5 Å². The molecule has 2 fully saturated rings. The number of benzene rings is 1. The van der Waals surface area contributed by atoms with Gasteiger partial charge in [0, 0.05) is 28.9 Å². The van der Waals surface area contributed by atoms with E-state index in [4.69, 9.17) is 11.6 Å². The second-order valence-electron chi connectivity index (χ2n) is 8.18. The van der Waals surface area contributed by atoms with E-state index in [-0.39, 0.29) is 22.8 Å². The molecule has 5 nitrogen and oxygen atoms in total. The van der Waals surface area contributed by atoms with Crippen molar-refractivity contribution in [1.82, 2.24) is 9.62 Å². The fourth-order valence-electron chi connectivity index (χ4n) is 4.57. The predicted molar refractivity (Wildman–Crippen MR) is 120 cm³/mol. The SMILES string of the molecule is O=C(NC(c1cccs1)C1CCCC1)C1CCN(S(=O)(=O)c2ccc(Cl)cc2)CC1. The average molecular weight is 467 g/mol. The van der Waals surface area contributed by atoms with E-state index in [0.29, 0.717) is 36.9 Å². The fourth-order valence-corrected chi connectivity index (χ4v) is 7.03. The molecular weight excluding hydrogens is 440 g/mol. The molecule has 1 N–H and O–H groups in total. The monoisotopic (exact) mass is 466 g/mol. The Morgan fingerprint density at radius 2 is 1.73 bits per heavy atom. The quantitative estimate of drug-likeness (QED) is 0.661. The zero-order chi connectivity index (χ0) is 21.1. The van der Waals surface area contributed by atoms with Crippen LogP contribution in [-0.2, 0) is 14.8 Å². The first-order valence-corrected chi connectivity index (χ1v) is 13.2.